The van der Waals surface area contributed by atoms with Crippen molar-refractivity contribution in [3.8, 4) is 0 Å². The second kappa shape index (κ2) is 6.37. The standard InChI is InChI=1S/C17H24N4O3/c1-17(2,3)15(22)20-6-4-5-12(11-20)13-9-18-10-14(19-13)21-7-8-24-16(21)23/h9-10,12H,4-8,11H2,1-3H3. The Morgan fingerprint density at radius 2 is 2.08 bits per heavy atom. The van der Waals surface area contributed by atoms with Gasteiger partial charge in [0.15, 0.2) is 5.82 Å². The second-order valence-corrected chi connectivity index (χ2v) is 7.41. The number of cyclic esters (lactones) is 1. The molecular formula is C17H24N4O3. The lowest BCUT2D eigenvalue weighted by molar-refractivity contribution is -0.140. The lowest BCUT2D eigenvalue weighted by atomic mass is 9.90. The molecule has 2 aliphatic heterocycles. The number of carbonyl (C=O) groups is 2. The summed E-state index contributed by atoms with van der Waals surface area (Å²) in [6.45, 7) is 8.14. The average molecular weight is 332 g/mol. The Balaban J connectivity index is 1.76. The Labute approximate surface area is 142 Å². The average Bonchev–Trinajstić information content (AvgIpc) is 2.99. The molecule has 1 atom stereocenters. The van der Waals surface area contributed by atoms with Crippen molar-refractivity contribution >= 4 is 17.8 Å². The third-order valence-corrected chi connectivity index (χ3v) is 4.45. The first-order valence-electron chi connectivity index (χ1n) is 8.42. The van der Waals surface area contributed by atoms with Gasteiger partial charge in [0.05, 0.1) is 18.4 Å². The maximum Gasteiger partial charge on any atom is 0.415 e. The molecule has 24 heavy (non-hydrogen) atoms. The van der Waals surface area contributed by atoms with E-state index in [0.717, 1.165) is 25.1 Å². The summed E-state index contributed by atoms with van der Waals surface area (Å²) >= 11 is 0. The smallest absolute Gasteiger partial charge is 0.415 e. The van der Waals surface area contributed by atoms with Crippen molar-refractivity contribution < 1.29 is 14.3 Å². The minimum Gasteiger partial charge on any atom is -0.447 e. The third-order valence-electron chi connectivity index (χ3n) is 4.45. The molecule has 2 amide bonds. The normalized spacial score (nSPS) is 21.8. The van der Waals surface area contributed by atoms with Crippen LogP contribution in [0.25, 0.3) is 0 Å². The minimum absolute atomic E-state index is 0.149. The zero-order valence-electron chi connectivity index (χ0n) is 14.5. The number of nitrogens with zero attached hydrogens (tertiary/aromatic N) is 4. The monoisotopic (exact) mass is 332 g/mol. The van der Waals surface area contributed by atoms with E-state index in [1.165, 1.54) is 4.90 Å². The van der Waals surface area contributed by atoms with Gasteiger partial charge in [-0.25, -0.2) is 9.78 Å². The molecule has 2 aliphatic rings. The molecule has 0 spiro atoms. The molecule has 3 heterocycles. The third kappa shape index (κ3) is 3.34. The van der Waals surface area contributed by atoms with E-state index in [0.29, 0.717) is 25.5 Å². The molecule has 1 unspecified atom stereocenters. The lowest BCUT2D eigenvalue weighted by Gasteiger charge is -2.36. The van der Waals surface area contributed by atoms with Gasteiger partial charge in [0.2, 0.25) is 5.91 Å². The molecule has 0 radical (unpaired) electrons. The Kier molecular flexibility index (Phi) is 4.43. The van der Waals surface area contributed by atoms with E-state index in [-0.39, 0.29) is 23.3 Å². The molecule has 130 valence electrons. The molecule has 0 saturated carbocycles. The Morgan fingerprint density at radius 1 is 1.29 bits per heavy atom. The number of likely N-dealkylation sites (tertiary alicyclic amines) is 1. The highest BCUT2D eigenvalue weighted by Crippen LogP contribution is 2.29. The van der Waals surface area contributed by atoms with Crippen molar-refractivity contribution in [1.29, 1.82) is 0 Å². The molecule has 7 nitrogen and oxygen atoms in total. The summed E-state index contributed by atoms with van der Waals surface area (Å²) in [5.41, 5.74) is 0.452. The van der Waals surface area contributed by atoms with Crippen LogP contribution in [0.5, 0.6) is 0 Å². The van der Waals surface area contributed by atoms with Crippen LogP contribution in [0.1, 0.15) is 45.2 Å². The van der Waals surface area contributed by atoms with E-state index in [1.54, 1.807) is 12.4 Å². The number of amides is 2. The zero-order valence-corrected chi connectivity index (χ0v) is 14.5. The summed E-state index contributed by atoms with van der Waals surface area (Å²) in [5.74, 6) is 0.838. The van der Waals surface area contributed by atoms with Crippen molar-refractivity contribution in [3.05, 3.63) is 18.1 Å². The van der Waals surface area contributed by atoms with Crippen LogP contribution in [-0.4, -0.2) is 53.1 Å². The first kappa shape index (κ1) is 16.7. The molecule has 1 aromatic rings. The van der Waals surface area contributed by atoms with E-state index < -0.39 is 0 Å². The number of anilines is 1. The molecule has 0 aliphatic carbocycles. The first-order chi connectivity index (χ1) is 11.4. The van der Waals surface area contributed by atoms with E-state index in [9.17, 15) is 9.59 Å². The van der Waals surface area contributed by atoms with Gasteiger partial charge in [0, 0.05) is 30.6 Å². The van der Waals surface area contributed by atoms with Crippen LogP contribution < -0.4 is 4.90 Å². The van der Waals surface area contributed by atoms with Gasteiger partial charge >= 0.3 is 6.09 Å². The summed E-state index contributed by atoms with van der Waals surface area (Å²) in [6.07, 6.45) is 4.85. The molecule has 0 bridgehead atoms. The summed E-state index contributed by atoms with van der Waals surface area (Å²) in [7, 11) is 0. The van der Waals surface area contributed by atoms with Crippen LogP contribution in [0, 0.1) is 5.41 Å². The van der Waals surface area contributed by atoms with Gasteiger partial charge in [-0.2, -0.15) is 0 Å². The van der Waals surface area contributed by atoms with Gasteiger partial charge in [-0.3, -0.25) is 14.7 Å². The van der Waals surface area contributed by atoms with E-state index in [1.807, 2.05) is 25.7 Å². The number of hydrogen-bond acceptors (Lipinski definition) is 5. The van der Waals surface area contributed by atoms with Gasteiger partial charge in [0.1, 0.15) is 6.61 Å². The van der Waals surface area contributed by atoms with Crippen LogP contribution in [0.3, 0.4) is 0 Å². The number of hydrogen-bond donors (Lipinski definition) is 0. The predicted molar refractivity (Wildman–Crippen MR) is 88.7 cm³/mol. The highest BCUT2D eigenvalue weighted by molar-refractivity contribution is 5.87. The molecule has 3 rings (SSSR count). The summed E-state index contributed by atoms with van der Waals surface area (Å²) in [4.78, 5) is 36.5. The van der Waals surface area contributed by atoms with E-state index in [4.69, 9.17) is 4.74 Å². The highest BCUT2D eigenvalue weighted by atomic mass is 16.6. The maximum absolute atomic E-state index is 12.5. The second-order valence-electron chi connectivity index (χ2n) is 7.41. The summed E-state index contributed by atoms with van der Waals surface area (Å²) in [6, 6.07) is 0. The fourth-order valence-corrected chi connectivity index (χ4v) is 3.18. The zero-order chi connectivity index (χ0) is 17.3. The summed E-state index contributed by atoms with van der Waals surface area (Å²) < 4.78 is 4.96. The van der Waals surface area contributed by atoms with E-state index >= 15 is 0 Å². The van der Waals surface area contributed by atoms with Gasteiger partial charge in [-0.05, 0) is 12.8 Å². The predicted octanol–water partition coefficient (Wildman–Crippen LogP) is 2.19. The van der Waals surface area contributed by atoms with E-state index in [2.05, 4.69) is 9.97 Å². The summed E-state index contributed by atoms with van der Waals surface area (Å²) in [5, 5.41) is 0. The van der Waals surface area contributed by atoms with Crippen molar-refractivity contribution in [2.45, 2.75) is 39.5 Å². The van der Waals surface area contributed by atoms with Crippen LogP contribution in [0.15, 0.2) is 12.4 Å². The quantitative estimate of drug-likeness (QED) is 0.830. The van der Waals surface area contributed by atoms with Crippen LogP contribution in [0.2, 0.25) is 0 Å². The number of rotatable bonds is 2. The highest BCUT2D eigenvalue weighted by Gasteiger charge is 2.32. The minimum atomic E-state index is -0.380. The SMILES string of the molecule is CC(C)(C)C(=O)N1CCCC(c2cncc(N3CCOC3=O)n2)C1. The lowest BCUT2D eigenvalue weighted by Crippen LogP contribution is -2.44. The van der Waals surface area contributed by atoms with Crippen LogP contribution in [0.4, 0.5) is 10.6 Å². The van der Waals surface area contributed by atoms with Crippen LogP contribution >= 0.6 is 0 Å². The van der Waals surface area contributed by atoms with Crippen molar-refractivity contribution in [2.75, 3.05) is 31.1 Å². The molecule has 2 fully saturated rings. The molecule has 0 aromatic carbocycles. The van der Waals surface area contributed by atoms with Crippen LogP contribution in [-0.2, 0) is 9.53 Å². The molecular weight excluding hydrogens is 308 g/mol. The van der Waals surface area contributed by atoms with Crippen molar-refractivity contribution in [1.82, 2.24) is 14.9 Å². The Bertz CT molecular complexity index is 641. The van der Waals surface area contributed by atoms with Gasteiger partial charge < -0.3 is 9.64 Å². The largest absolute Gasteiger partial charge is 0.447 e. The maximum atomic E-state index is 12.5. The first-order valence-corrected chi connectivity index (χ1v) is 8.42. The van der Waals surface area contributed by atoms with Gasteiger partial charge in [-0.1, -0.05) is 20.8 Å². The molecule has 0 N–H and O–H groups in total. The van der Waals surface area contributed by atoms with Gasteiger partial charge in [-0.15, -0.1) is 0 Å². The number of ether oxygens (including phenoxy) is 1. The fourth-order valence-electron chi connectivity index (χ4n) is 3.18. The molecule has 2 saturated heterocycles. The van der Waals surface area contributed by atoms with Crippen molar-refractivity contribution in [3.63, 3.8) is 0 Å². The fraction of sp³-hybridized carbons (Fsp3) is 0.647. The Hall–Kier alpha value is -2.18. The van der Waals surface area contributed by atoms with Gasteiger partial charge in [0.25, 0.3) is 0 Å². The number of carbonyl (C=O) groups excluding carboxylic acids is 2. The number of piperidine rings is 1. The topological polar surface area (TPSA) is 75.6 Å². The molecule has 7 heteroatoms. The Morgan fingerprint density at radius 3 is 2.75 bits per heavy atom. The number of aromatic nitrogens is 2. The molecule has 1 aromatic heterocycles. The van der Waals surface area contributed by atoms with Crippen molar-refractivity contribution in [2.24, 2.45) is 5.41 Å².